The zero-order valence-corrected chi connectivity index (χ0v) is 14.4. The van der Waals surface area contributed by atoms with E-state index < -0.39 is 0 Å². The van der Waals surface area contributed by atoms with Gasteiger partial charge in [-0.2, -0.15) is 5.26 Å². The van der Waals surface area contributed by atoms with Crippen LogP contribution in [0.15, 0.2) is 66.9 Å². The van der Waals surface area contributed by atoms with Gasteiger partial charge < -0.3 is 10.6 Å². The summed E-state index contributed by atoms with van der Waals surface area (Å²) in [5.74, 6) is -0.225. The van der Waals surface area contributed by atoms with E-state index in [2.05, 4.69) is 21.7 Å². The van der Waals surface area contributed by atoms with E-state index in [1.807, 2.05) is 43.3 Å². The van der Waals surface area contributed by atoms with E-state index in [-0.39, 0.29) is 5.91 Å². The van der Waals surface area contributed by atoms with Crippen molar-refractivity contribution in [3.05, 3.63) is 89.2 Å². The Morgan fingerprint density at radius 3 is 2.58 bits per heavy atom. The van der Waals surface area contributed by atoms with Crippen molar-refractivity contribution < 1.29 is 4.79 Å². The number of aromatic nitrogens is 1. The second-order valence-corrected chi connectivity index (χ2v) is 5.85. The Bertz CT molecular complexity index is 958. The molecule has 0 unspecified atom stereocenters. The Balaban J connectivity index is 1.67. The lowest BCUT2D eigenvalue weighted by Gasteiger charge is -2.10. The molecule has 2 aromatic carbocycles. The van der Waals surface area contributed by atoms with Crippen molar-refractivity contribution in [2.45, 2.75) is 13.5 Å². The van der Waals surface area contributed by atoms with Gasteiger partial charge in [-0.25, -0.2) is 0 Å². The average molecular weight is 342 g/mol. The van der Waals surface area contributed by atoms with Crippen molar-refractivity contribution in [2.24, 2.45) is 0 Å². The first kappa shape index (κ1) is 17.2. The second kappa shape index (κ2) is 7.95. The standard InChI is InChI=1S/C21H18N4O/c1-15-4-2-3-5-17(15)14-24-21(26)20-12-19(10-11-23-20)25-18-8-6-16(13-22)7-9-18/h2-12H,14H2,1H3,(H,23,25)(H,24,26). The fourth-order valence-electron chi connectivity index (χ4n) is 2.50. The van der Waals surface area contributed by atoms with Crippen LogP contribution in [0.3, 0.4) is 0 Å². The smallest absolute Gasteiger partial charge is 0.270 e. The minimum Gasteiger partial charge on any atom is -0.355 e. The summed E-state index contributed by atoms with van der Waals surface area (Å²) in [6.07, 6.45) is 1.59. The number of pyridine rings is 1. The summed E-state index contributed by atoms with van der Waals surface area (Å²) in [5, 5.41) is 14.9. The molecule has 5 nitrogen and oxygen atoms in total. The maximum absolute atomic E-state index is 12.4. The van der Waals surface area contributed by atoms with Crippen LogP contribution in [0.1, 0.15) is 27.2 Å². The van der Waals surface area contributed by atoms with Crippen LogP contribution in [0.5, 0.6) is 0 Å². The molecule has 5 heteroatoms. The van der Waals surface area contributed by atoms with Crippen molar-refractivity contribution in [3.8, 4) is 6.07 Å². The molecule has 0 bridgehead atoms. The van der Waals surface area contributed by atoms with Gasteiger partial charge in [0.15, 0.2) is 0 Å². The van der Waals surface area contributed by atoms with Crippen molar-refractivity contribution in [3.63, 3.8) is 0 Å². The first-order valence-corrected chi connectivity index (χ1v) is 8.21. The normalized spacial score (nSPS) is 10.0. The molecule has 3 aromatic rings. The van der Waals surface area contributed by atoms with Crippen LogP contribution < -0.4 is 10.6 Å². The highest BCUT2D eigenvalue weighted by Gasteiger charge is 2.08. The summed E-state index contributed by atoms with van der Waals surface area (Å²) >= 11 is 0. The van der Waals surface area contributed by atoms with Crippen molar-refractivity contribution in [2.75, 3.05) is 5.32 Å². The lowest BCUT2D eigenvalue weighted by molar-refractivity contribution is 0.0946. The quantitative estimate of drug-likeness (QED) is 0.736. The lowest BCUT2D eigenvalue weighted by atomic mass is 10.1. The molecule has 0 saturated heterocycles. The predicted octanol–water partition coefficient (Wildman–Crippen LogP) is 3.94. The monoisotopic (exact) mass is 342 g/mol. The lowest BCUT2D eigenvalue weighted by Crippen LogP contribution is -2.24. The first-order chi connectivity index (χ1) is 12.7. The molecule has 128 valence electrons. The SMILES string of the molecule is Cc1ccccc1CNC(=O)c1cc(Nc2ccc(C#N)cc2)ccn1. The van der Waals surface area contributed by atoms with Crippen LogP contribution in [-0.4, -0.2) is 10.9 Å². The van der Waals surface area contributed by atoms with Gasteiger partial charge in [0.2, 0.25) is 0 Å². The molecule has 3 rings (SSSR count). The third-order valence-corrected chi connectivity index (χ3v) is 4.00. The largest absolute Gasteiger partial charge is 0.355 e. The molecule has 2 N–H and O–H groups in total. The maximum atomic E-state index is 12.4. The van der Waals surface area contributed by atoms with E-state index in [0.29, 0.717) is 17.8 Å². The van der Waals surface area contributed by atoms with Gasteiger partial charge in [0.1, 0.15) is 5.69 Å². The fourth-order valence-corrected chi connectivity index (χ4v) is 2.50. The summed E-state index contributed by atoms with van der Waals surface area (Å²) in [5.41, 5.74) is 4.75. The zero-order valence-electron chi connectivity index (χ0n) is 14.4. The Morgan fingerprint density at radius 1 is 1.08 bits per heavy atom. The Labute approximate surface area is 152 Å². The van der Waals surface area contributed by atoms with Crippen LogP contribution in [0.2, 0.25) is 0 Å². The predicted molar refractivity (Wildman–Crippen MR) is 101 cm³/mol. The summed E-state index contributed by atoms with van der Waals surface area (Å²) < 4.78 is 0. The van der Waals surface area contributed by atoms with Gasteiger partial charge >= 0.3 is 0 Å². The number of carbonyl (C=O) groups excluding carboxylic acids is 1. The Kier molecular flexibility index (Phi) is 5.25. The van der Waals surface area contributed by atoms with E-state index >= 15 is 0 Å². The molecular formula is C21H18N4O. The van der Waals surface area contributed by atoms with Gasteiger partial charge in [-0.1, -0.05) is 24.3 Å². The molecule has 0 aliphatic carbocycles. The number of benzene rings is 2. The fraction of sp³-hybridized carbons (Fsp3) is 0.0952. The highest BCUT2D eigenvalue weighted by Crippen LogP contribution is 2.17. The Morgan fingerprint density at radius 2 is 1.85 bits per heavy atom. The number of nitrogens with zero attached hydrogens (tertiary/aromatic N) is 2. The Hall–Kier alpha value is -3.65. The third kappa shape index (κ3) is 4.25. The van der Waals surface area contributed by atoms with Crippen molar-refractivity contribution in [1.82, 2.24) is 10.3 Å². The third-order valence-electron chi connectivity index (χ3n) is 4.00. The van der Waals surface area contributed by atoms with Gasteiger partial charge in [0, 0.05) is 24.1 Å². The number of hydrogen-bond acceptors (Lipinski definition) is 4. The first-order valence-electron chi connectivity index (χ1n) is 8.21. The number of hydrogen-bond donors (Lipinski definition) is 2. The molecular weight excluding hydrogens is 324 g/mol. The zero-order chi connectivity index (χ0) is 18.4. The average Bonchev–Trinajstić information content (AvgIpc) is 2.68. The topological polar surface area (TPSA) is 77.8 Å². The number of carbonyl (C=O) groups is 1. The second-order valence-electron chi connectivity index (χ2n) is 5.85. The number of nitrogens with one attached hydrogen (secondary N) is 2. The van der Waals surface area contributed by atoms with Gasteiger partial charge in [-0.3, -0.25) is 9.78 Å². The summed E-state index contributed by atoms with van der Waals surface area (Å²) in [4.78, 5) is 16.5. The number of nitriles is 1. The van der Waals surface area contributed by atoms with E-state index in [4.69, 9.17) is 5.26 Å². The van der Waals surface area contributed by atoms with E-state index in [9.17, 15) is 4.79 Å². The van der Waals surface area contributed by atoms with Crippen LogP contribution >= 0.6 is 0 Å². The van der Waals surface area contributed by atoms with Crippen molar-refractivity contribution in [1.29, 1.82) is 5.26 Å². The summed E-state index contributed by atoms with van der Waals surface area (Å²) in [6.45, 7) is 2.47. The van der Waals surface area contributed by atoms with E-state index in [1.54, 1.807) is 30.5 Å². The molecule has 1 aromatic heterocycles. The molecule has 1 heterocycles. The molecule has 0 fully saturated rings. The molecule has 0 aliphatic rings. The number of rotatable bonds is 5. The summed E-state index contributed by atoms with van der Waals surface area (Å²) in [7, 11) is 0. The van der Waals surface area contributed by atoms with Crippen LogP contribution in [0.25, 0.3) is 0 Å². The highest BCUT2D eigenvalue weighted by atomic mass is 16.1. The molecule has 0 spiro atoms. The van der Waals surface area contributed by atoms with Crippen LogP contribution in [0.4, 0.5) is 11.4 Å². The highest BCUT2D eigenvalue weighted by molar-refractivity contribution is 5.93. The van der Waals surface area contributed by atoms with Crippen molar-refractivity contribution >= 4 is 17.3 Å². The van der Waals surface area contributed by atoms with Gasteiger partial charge in [-0.05, 0) is 54.4 Å². The minimum absolute atomic E-state index is 0.225. The molecule has 1 amide bonds. The molecule has 0 atom stereocenters. The minimum atomic E-state index is -0.225. The summed E-state index contributed by atoms with van der Waals surface area (Å²) in [6, 6.07) is 20.6. The van der Waals surface area contributed by atoms with E-state index in [0.717, 1.165) is 22.5 Å². The molecule has 0 aliphatic heterocycles. The number of anilines is 2. The van der Waals surface area contributed by atoms with Gasteiger partial charge in [-0.15, -0.1) is 0 Å². The molecule has 0 saturated carbocycles. The molecule has 0 radical (unpaired) electrons. The van der Waals surface area contributed by atoms with Crippen LogP contribution in [-0.2, 0) is 6.54 Å². The molecule has 26 heavy (non-hydrogen) atoms. The van der Waals surface area contributed by atoms with E-state index in [1.165, 1.54) is 0 Å². The van der Waals surface area contributed by atoms with Gasteiger partial charge in [0.05, 0.1) is 11.6 Å². The maximum Gasteiger partial charge on any atom is 0.270 e. The van der Waals surface area contributed by atoms with Crippen LogP contribution in [0, 0.1) is 18.3 Å². The number of amides is 1. The number of aryl methyl sites for hydroxylation is 1. The van der Waals surface area contributed by atoms with Gasteiger partial charge in [0.25, 0.3) is 5.91 Å².